The fraction of sp³-hybridized carbons (Fsp3) is 0.500. The molecule has 3 nitrogen and oxygen atoms in total. The maximum Gasteiger partial charge on any atom is 0.201 e. The van der Waals surface area contributed by atoms with Crippen molar-refractivity contribution >= 4 is 28.6 Å². The number of nitrogens with zero attached hydrogens (tertiary/aromatic N) is 2. The molecule has 0 unspecified atom stereocenters. The zero-order valence-corrected chi connectivity index (χ0v) is 11.4. The Bertz CT molecular complexity index is 584. The second kappa shape index (κ2) is 4.16. The summed E-state index contributed by atoms with van der Waals surface area (Å²) in [5.41, 5.74) is 8.49. The van der Waals surface area contributed by atoms with E-state index in [1.807, 2.05) is 18.2 Å². The number of nitrogen functional groups attached to an aromatic ring is 1. The third-order valence-electron chi connectivity index (χ3n) is 3.97. The summed E-state index contributed by atoms with van der Waals surface area (Å²) in [6.07, 6.45) is 5.11. The summed E-state index contributed by atoms with van der Waals surface area (Å²) in [5.74, 6) is 0.606. The number of aromatic nitrogens is 2. The van der Waals surface area contributed by atoms with Gasteiger partial charge < -0.3 is 10.3 Å². The first-order valence-electron chi connectivity index (χ1n) is 6.55. The van der Waals surface area contributed by atoms with Crippen LogP contribution in [-0.2, 0) is 6.54 Å². The van der Waals surface area contributed by atoms with Crippen molar-refractivity contribution in [3.63, 3.8) is 0 Å². The molecule has 1 aliphatic carbocycles. The van der Waals surface area contributed by atoms with Gasteiger partial charge in [-0.15, -0.1) is 0 Å². The predicted octanol–water partition coefficient (Wildman–Crippen LogP) is 3.85. The average Bonchev–Trinajstić information content (AvgIpc) is 3.02. The van der Waals surface area contributed by atoms with Crippen molar-refractivity contribution in [1.82, 2.24) is 9.55 Å². The molecular weight excluding hydrogens is 246 g/mol. The van der Waals surface area contributed by atoms with Crippen LogP contribution in [0.3, 0.4) is 0 Å². The van der Waals surface area contributed by atoms with E-state index in [0.29, 0.717) is 11.4 Å². The van der Waals surface area contributed by atoms with E-state index in [4.69, 9.17) is 17.3 Å². The first-order chi connectivity index (χ1) is 8.63. The van der Waals surface area contributed by atoms with Crippen molar-refractivity contribution in [3.8, 4) is 0 Å². The Labute approximate surface area is 112 Å². The number of benzene rings is 1. The number of fused-ring (bicyclic) bond motifs is 1. The molecule has 2 aromatic rings. The van der Waals surface area contributed by atoms with Crippen LogP contribution in [0, 0.1) is 5.41 Å². The first-order valence-corrected chi connectivity index (χ1v) is 6.93. The van der Waals surface area contributed by atoms with Crippen LogP contribution >= 0.6 is 11.6 Å². The van der Waals surface area contributed by atoms with Crippen molar-refractivity contribution in [2.45, 2.75) is 39.2 Å². The lowest BCUT2D eigenvalue weighted by Gasteiger charge is -2.16. The third kappa shape index (κ3) is 1.97. The highest BCUT2D eigenvalue weighted by atomic mass is 35.5. The summed E-state index contributed by atoms with van der Waals surface area (Å²) in [6, 6.07) is 5.76. The lowest BCUT2D eigenvalue weighted by molar-refractivity contribution is 0.396. The minimum atomic E-state index is 0.457. The van der Waals surface area contributed by atoms with Crippen LogP contribution < -0.4 is 5.73 Å². The number of rotatable bonds is 4. The summed E-state index contributed by atoms with van der Waals surface area (Å²) in [7, 11) is 0. The van der Waals surface area contributed by atoms with E-state index < -0.39 is 0 Å². The fourth-order valence-electron chi connectivity index (χ4n) is 2.81. The number of anilines is 1. The maximum absolute atomic E-state index is 6.07. The summed E-state index contributed by atoms with van der Waals surface area (Å²) < 4.78 is 2.13. The molecule has 1 fully saturated rings. The number of hydrogen-bond donors (Lipinski definition) is 1. The monoisotopic (exact) mass is 263 g/mol. The molecule has 3 rings (SSSR count). The Kier molecular flexibility index (Phi) is 2.74. The summed E-state index contributed by atoms with van der Waals surface area (Å²) in [4.78, 5) is 4.41. The highest BCUT2D eigenvalue weighted by Gasteiger charge is 2.42. The molecule has 4 heteroatoms. The van der Waals surface area contributed by atoms with E-state index in [9.17, 15) is 0 Å². The van der Waals surface area contributed by atoms with Gasteiger partial charge in [0.15, 0.2) is 0 Å². The molecule has 1 aliphatic rings. The first kappa shape index (κ1) is 11.8. The van der Waals surface area contributed by atoms with E-state index in [1.54, 1.807) is 0 Å². The maximum atomic E-state index is 6.07. The minimum absolute atomic E-state index is 0.457. The molecule has 1 aromatic carbocycles. The summed E-state index contributed by atoms with van der Waals surface area (Å²) >= 11 is 6.07. The van der Waals surface area contributed by atoms with Gasteiger partial charge in [0.05, 0.1) is 11.0 Å². The van der Waals surface area contributed by atoms with Crippen molar-refractivity contribution in [3.05, 3.63) is 23.2 Å². The Morgan fingerprint density at radius 2 is 2.22 bits per heavy atom. The normalized spacial score (nSPS) is 17.2. The van der Waals surface area contributed by atoms with Gasteiger partial charge in [0.1, 0.15) is 0 Å². The van der Waals surface area contributed by atoms with Crippen molar-refractivity contribution in [2.75, 3.05) is 5.73 Å². The van der Waals surface area contributed by atoms with Gasteiger partial charge in [-0.25, -0.2) is 4.98 Å². The van der Waals surface area contributed by atoms with Crippen LogP contribution in [0.1, 0.15) is 32.6 Å². The Morgan fingerprint density at radius 1 is 1.44 bits per heavy atom. The summed E-state index contributed by atoms with van der Waals surface area (Å²) in [6.45, 7) is 3.22. The molecule has 96 valence electrons. The Hall–Kier alpha value is -1.22. The van der Waals surface area contributed by atoms with Gasteiger partial charge in [0.2, 0.25) is 5.95 Å². The van der Waals surface area contributed by atoms with E-state index in [-0.39, 0.29) is 0 Å². The van der Waals surface area contributed by atoms with E-state index in [2.05, 4.69) is 16.5 Å². The van der Waals surface area contributed by atoms with Gasteiger partial charge in [-0.2, -0.15) is 0 Å². The zero-order valence-electron chi connectivity index (χ0n) is 10.6. The van der Waals surface area contributed by atoms with E-state index in [0.717, 1.165) is 22.6 Å². The molecule has 1 saturated carbocycles. The second-order valence-electron chi connectivity index (χ2n) is 5.44. The third-order valence-corrected chi connectivity index (χ3v) is 4.21. The average molecular weight is 264 g/mol. The van der Waals surface area contributed by atoms with Crippen LogP contribution in [0.2, 0.25) is 5.02 Å². The molecule has 0 aliphatic heterocycles. The quantitative estimate of drug-likeness (QED) is 0.910. The van der Waals surface area contributed by atoms with Crippen LogP contribution in [0.5, 0.6) is 0 Å². The minimum Gasteiger partial charge on any atom is -0.369 e. The second-order valence-corrected chi connectivity index (χ2v) is 5.88. The van der Waals surface area contributed by atoms with Gasteiger partial charge in [-0.3, -0.25) is 0 Å². The molecule has 0 radical (unpaired) electrons. The highest BCUT2D eigenvalue weighted by molar-refractivity contribution is 6.31. The number of hydrogen-bond acceptors (Lipinski definition) is 2. The molecule has 0 bridgehead atoms. The lowest BCUT2D eigenvalue weighted by atomic mass is 10.0. The number of imidazole rings is 1. The fourth-order valence-corrected chi connectivity index (χ4v) is 2.98. The Morgan fingerprint density at radius 3 is 2.89 bits per heavy atom. The Balaban J connectivity index is 2.00. The van der Waals surface area contributed by atoms with Crippen molar-refractivity contribution in [2.24, 2.45) is 5.41 Å². The number of halogens is 1. The van der Waals surface area contributed by atoms with E-state index in [1.165, 1.54) is 25.7 Å². The highest BCUT2D eigenvalue weighted by Crippen LogP contribution is 2.51. The van der Waals surface area contributed by atoms with Crippen molar-refractivity contribution < 1.29 is 0 Å². The van der Waals surface area contributed by atoms with Crippen LogP contribution in [0.4, 0.5) is 5.95 Å². The van der Waals surface area contributed by atoms with Crippen molar-refractivity contribution in [1.29, 1.82) is 0 Å². The molecule has 0 saturated heterocycles. The molecule has 18 heavy (non-hydrogen) atoms. The molecule has 0 amide bonds. The standard InChI is InChI=1S/C14H18ClN3/c1-2-5-14(6-7-14)9-18-12-8-10(15)3-4-11(12)17-13(18)16/h3-4,8H,2,5-7,9H2,1H3,(H2,16,17). The van der Waals surface area contributed by atoms with Gasteiger partial charge in [-0.05, 0) is 42.9 Å². The SMILES string of the molecule is CCCC1(Cn2c(N)nc3ccc(Cl)cc32)CC1. The predicted molar refractivity (Wildman–Crippen MR) is 75.7 cm³/mol. The van der Waals surface area contributed by atoms with Crippen LogP contribution in [0.25, 0.3) is 11.0 Å². The summed E-state index contributed by atoms with van der Waals surface area (Å²) in [5, 5.41) is 0.740. The molecule has 0 spiro atoms. The van der Waals surface area contributed by atoms with Gasteiger partial charge in [-0.1, -0.05) is 24.9 Å². The number of nitrogens with two attached hydrogens (primary N) is 1. The molecular formula is C14H18ClN3. The molecule has 0 atom stereocenters. The van der Waals surface area contributed by atoms with Crippen LogP contribution in [-0.4, -0.2) is 9.55 Å². The molecule has 1 heterocycles. The molecule has 2 N–H and O–H groups in total. The van der Waals surface area contributed by atoms with Gasteiger partial charge >= 0.3 is 0 Å². The van der Waals surface area contributed by atoms with Gasteiger partial charge in [0.25, 0.3) is 0 Å². The van der Waals surface area contributed by atoms with Gasteiger partial charge in [0, 0.05) is 11.6 Å². The largest absolute Gasteiger partial charge is 0.369 e. The lowest BCUT2D eigenvalue weighted by Crippen LogP contribution is -2.13. The molecule has 1 aromatic heterocycles. The van der Waals surface area contributed by atoms with Crippen LogP contribution in [0.15, 0.2) is 18.2 Å². The van der Waals surface area contributed by atoms with E-state index >= 15 is 0 Å². The smallest absolute Gasteiger partial charge is 0.201 e. The topological polar surface area (TPSA) is 43.8 Å². The zero-order chi connectivity index (χ0) is 12.8.